The van der Waals surface area contributed by atoms with Crippen LogP contribution in [0, 0.1) is 0 Å². The van der Waals surface area contributed by atoms with Gasteiger partial charge in [0, 0.05) is 23.6 Å². The molecule has 0 fully saturated rings. The van der Waals surface area contributed by atoms with Crippen molar-refractivity contribution in [3.8, 4) is 0 Å². The highest BCUT2D eigenvalue weighted by Gasteiger charge is 2.22. The number of benzene rings is 2. The van der Waals surface area contributed by atoms with E-state index in [0.29, 0.717) is 0 Å². The Kier molecular flexibility index (Phi) is 4.33. The van der Waals surface area contributed by atoms with Crippen LogP contribution < -0.4 is 9.47 Å². The molecule has 0 saturated heterocycles. The first-order valence-corrected chi connectivity index (χ1v) is 9.40. The van der Waals surface area contributed by atoms with Crippen molar-refractivity contribution in [3.05, 3.63) is 83.5 Å². The lowest BCUT2D eigenvalue weighted by Gasteiger charge is -2.17. The molecule has 0 N–H and O–H groups in total. The standard InChI is InChI=1S/C22H21N2S/c1-3-24-20-12-6-7-13-21(20)25-22(24)14-8-9-17-15-16-23(2)19-11-5-4-10-18(17)19/h4-16H,3H2,1-2H3/q+1. The molecular formula is C22H21N2S+. The van der Waals surface area contributed by atoms with E-state index in [1.54, 1.807) is 0 Å². The largest absolute Gasteiger partial charge is 0.335 e. The molecule has 0 spiro atoms. The van der Waals surface area contributed by atoms with Gasteiger partial charge in [-0.3, -0.25) is 0 Å². The zero-order valence-electron chi connectivity index (χ0n) is 14.5. The van der Waals surface area contributed by atoms with Crippen molar-refractivity contribution in [1.29, 1.82) is 0 Å². The SMILES string of the molecule is CCN1C(=CC=Cc2cc[n+](C)c3ccccc23)Sc2ccccc21. The van der Waals surface area contributed by atoms with Crippen molar-refractivity contribution in [2.45, 2.75) is 11.8 Å². The highest BCUT2D eigenvalue weighted by molar-refractivity contribution is 8.03. The second-order valence-corrected chi connectivity index (χ2v) is 7.14. The summed E-state index contributed by atoms with van der Waals surface area (Å²) in [5.41, 5.74) is 3.80. The average Bonchev–Trinajstić information content (AvgIpc) is 3.01. The summed E-state index contributed by atoms with van der Waals surface area (Å²) in [5.74, 6) is 0. The molecule has 25 heavy (non-hydrogen) atoms. The third-order valence-corrected chi connectivity index (χ3v) is 5.67. The lowest BCUT2D eigenvalue weighted by molar-refractivity contribution is -0.644. The Morgan fingerprint density at radius 2 is 1.84 bits per heavy atom. The highest BCUT2D eigenvalue weighted by Crippen LogP contribution is 2.45. The molecule has 3 heteroatoms. The number of anilines is 1. The van der Waals surface area contributed by atoms with Crippen molar-refractivity contribution in [2.24, 2.45) is 7.05 Å². The van der Waals surface area contributed by atoms with Crippen LogP contribution >= 0.6 is 11.8 Å². The molecule has 0 bridgehead atoms. The van der Waals surface area contributed by atoms with Crippen molar-refractivity contribution >= 4 is 34.4 Å². The number of nitrogens with zero attached hydrogens (tertiary/aromatic N) is 2. The minimum Gasteiger partial charge on any atom is -0.335 e. The Morgan fingerprint density at radius 1 is 1.04 bits per heavy atom. The van der Waals surface area contributed by atoms with Crippen molar-refractivity contribution < 1.29 is 4.57 Å². The zero-order chi connectivity index (χ0) is 17.2. The minimum absolute atomic E-state index is 0.980. The first kappa shape index (κ1) is 16.0. The summed E-state index contributed by atoms with van der Waals surface area (Å²) >= 11 is 1.84. The molecule has 0 saturated carbocycles. The van der Waals surface area contributed by atoms with E-state index >= 15 is 0 Å². The van der Waals surface area contributed by atoms with Crippen molar-refractivity contribution in [3.63, 3.8) is 0 Å². The molecule has 2 heterocycles. The molecule has 1 aliphatic heterocycles. The van der Waals surface area contributed by atoms with E-state index in [4.69, 9.17) is 0 Å². The van der Waals surface area contributed by atoms with Crippen LogP contribution in [0.25, 0.3) is 17.0 Å². The van der Waals surface area contributed by atoms with E-state index < -0.39 is 0 Å². The zero-order valence-corrected chi connectivity index (χ0v) is 15.3. The van der Waals surface area contributed by atoms with E-state index in [9.17, 15) is 0 Å². The number of allylic oxidation sites excluding steroid dienone is 2. The normalized spacial score (nSPS) is 15.4. The molecule has 0 unspecified atom stereocenters. The molecular weight excluding hydrogens is 324 g/mol. The number of hydrogen-bond acceptors (Lipinski definition) is 2. The van der Waals surface area contributed by atoms with Crippen LogP contribution in [-0.4, -0.2) is 6.54 Å². The van der Waals surface area contributed by atoms with E-state index in [1.165, 1.54) is 32.1 Å². The predicted molar refractivity (Wildman–Crippen MR) is 108 cm³/mol. The Bertz CT molecular complexity index is 988. The maximum absolute atomic E-state index is 2.37. The molecule has 0 amide bonds. The van der Waals surface area contributed by atoms with Gasteiger partial charge in [-0.2, -0.15) is 0 Å². The summed E-state index contributed by atoms with van der Waals surface area (Å²) in [6, 6.07) is 19.3. The van der Waals surface area contributed by atoms with E-state index in [0.717, 1.165) is 6.54 Å². The fourth-order valence-corrected chi connectivity index (χ4v) is 4.41. The van der Waals surface area contributed by atoms with Gasteiger partial charge < -0.3 is 4.90 Å². The molecule has 1 aliphatic rings. The molecule has 124 valence electrons. The molecule has 0 aliphatic carbocycles. The molecule has 1 aromatic heterocycles. The van der Waals surface area contributed by atoms with Crippen molar-refractivity contribution in [2.75, 3.05) is 11.4 Å². The Balaban J connectivity index is 1.66. The highest BCUT2D eigenvalue weighted by atomic mass is 32.2. The van der Waals surface area contributed by atoms with E-state index in [1.807, 2.05) is 11.8 Å². The number of pyridine rings is 1. The number of para-hydroxylation sites is 2. The van der Waals surface area contributed by atoms with Gasteiger partial charge in [0.05, 0.1) is 16.1 Å². The van der Waals surface area contributed by atoms with Crippen LogP contribution in [0.4, 0.5) is 5.69 Å². The minimum atomic E-state index is 0.980. The summed E-state index contributed by atoms with van der Waals surface area (Å²) in [6.07, 6.45) is 8.70. The van der Waals surface area contributed by atoms with Gasteiger partial charge in [-0.25, -0.2) is 4.57 Å². The third kappa shape index (κ3) is 2.96. The second-order valence-electron chi connectivity index (χ2n) is 6.08. The van der Waals surface area contributed by atoms with Crippen LogP contribution in [0.3, 0.4) is 0 Å². The van der Waals surface area contributed by atoms with Gasteiger partial charge in [0.2, 0.25) is 5.52 Å². The predicted octanol–water partition coefficient (Wildman–Crippen LogP) is 5.15. The van der Waals surface area contributed by atoms with Crippen LogP contribution in [-0.2, 0) is 7.05 Å². The number of hydrogen-bond donors (Lipinski definition) is 0. The lowest BCUT2D eigenvalue weighted by atomic mass is 10.1. The molecule has 0 atom stereocenters. The third-order valence-electron chi connectivity index (χ3n) is 4.54. The maximum Gasteiger partial charge on any atom is 0.212 e. The maximum atomic E-state index is 2.37. The van der Waals surface area contributed by atoms with Gasteiger partial charge >= 0.3 is 0 Å². The Hall–Kier alpha value is -2.52. The summed E-state index contributed by atoms with van der Waals surface area (Å²) in [7, 11) is 2.09. The first-order valence-electron chi connectivity index (χ1n) is 8.58. The van der Waals surface area contributed by atoms with Gasteiger partial charge in [0.1, 0.15) is 7.05 Å². The fourth-order valence-electron chi connectivity index (χ4n) is 3.27. The topological polar surface area (TPSA) is 7.12 Å². The number of aromatic nitrogens is 1. The number of rotatable bonds is 3. The first-order chi connectivity index (χ1) is 12.3. The molecule has 3 aromatic rings. The van der Waals surface area contributed by atoms with Gasteiger partial charge in [0.15, 0.2) is 6.20 Å². The molecule has 2 nitrogen and oxygen atoms in total. The Morgan fingerprint density at radius 3 is 2.72 bits per heavy atom. The van der Waals surface area contributed by atoms with E-state index in [-0.39, 0.29) is 0 Å². The summed E-state index contributed by atoms with van der Waals surface area (Å²) in [4.78, 5) is 3.70. The molecule has 2 aromatic carbocycles. The van der Waals surface area contributed by atoms with Gasteiger partial charge in [-0.15, -0.1) is 0 Å². The molecule has 0 radical (unpaired) electrons. The number of aryl methyl sites for hydroxylation is 1. The average molecular weight is 345 g/mol. The molecule has 4 rings (SSSR count). The number of thioether (sulfide) groups is 1. The summed E-state index contributed by atoms with van der Waals surface area (Å²) in [6.45, 7) is 3.18. The number of fused-ring (bicyclic) bond motifs is 2. The van der Waals surface area contributed by atoms with Gasteiger partial charge in [0.25, 0.3) is 0 Å². The fraction of sp³-hybridized carbons (Fsp3) is 0.136. The van der Waals surface area contributed by atoms with Crippen LogP contribution in [0.2, 0.25) is 0 Å². The quantitative estimate of drug-likeness (QED) is 0.606. The summed E-state index contributed by atoms with van der Waals surface area (Å²) < 4.78 is 2.16. The second kappa shape index (κ2) is 6.77. The van der Waals surface area contributed by atoms with Gasteiger partial charge in [-0.05, 0) is 36.8 Å². The van der Waals surface area contributed by atoms with E-state index in [2.05, 4.69) is 102 Å². The summed E-state index contributed by atoms with van der Waals surface area (Å²) in [5, 5.41) is 2.56. The Labute approximate surface area is 153 Å². The smallest absolute Gasteiger partial charge is 0.212 e. The van der Waals surface area contributed by atoms with Gasteiger partial charge in [-0.1, -0.05) is 48.2 Å². The van der Waals surface area contributed by atoms with Crippen LogP contribution in [0.5, 0.6) is 0 Å². The van der Waals surface area contributed by atoms with Crippen LogP contribution in [0.1, 0.15) is 12.5 Å². The lowest BCUT2D eigenvalue weighted by Crippen LogP contribution is -2.28. The van der Waals surface area contributed by atoms with Crippen LogP contribution in [0.15, 0.2) is 82.9 Å². The monoisotopic (exact) mass is 345 g/mol. The van der Waals surface area contributed by atoms with Crippen molar-refractivity contribution in [1.82, 2.24) is 0 Å².